The van der Waals surface area contributed by atoms with Crippen LogP contribution in [0.25, 0.3) is 0 Å². The summed E-state index contributed by atoms with van der Waals surface area (Å²) in [6, 6.07) is 0. The van der Waals surface area contributed by atoms with Gasteiger partial charge in [-0.25, -0.2) is 4.98 Å². The molecular weight excluding hydrogens is 248 g/mol. The van der Waals surface area contributed by atoms with E-state index in [1.165, 1.54) is 0 Å². The maximum Gasteiger partial charge on any atom is 0.119 e. The van der Waals surface area contributed by atoms with Gasteiger partial charge in [-0.1, -0.05) is 13.8 Å². The number of hydrogen-bond acceptors (Lipinski definition) is 5. The first-order valence-corrected chi connectivity index (χ1v) is 7.33. The topological polar surface area (TPSA) is 34.6 Å². The van der Waals surface area contributed by atoms with Crippen LogP contribution in [0.15, 0.2) is 5.38 Å². The van der Waals surface area contributed by atoms with Crippen molar-refractivity contribution in [3.05, 3.63) is 16.1 Å². The molecule has 1 aromatic rings. The van der Waals surface area contributed by atoms with Crippen molar-refractivity contribution in [2.45, 2.75) is 33.1 Å². The summed E-state index contributed by atoms with van der Waals surface area (Å²) in [6.07, 6.45) is 0.357. The van der Waals surface area contributed by atoms with Crippen LogP contribution in [0, 0.1) is 5.92 Å². The van der Waals surface area contributed by atoms with Crippen molar-refractivity contribution < 1.29 is 9.47 Å². The summed E-state index contributed by atoms with van der Waals surface area (Å²) in [5, 5.41) is 3.19. The smallest absolute Gasteiger partial charge is 0.119 e. The predicted octanol–water partition coefficient (Wildman–Crippen LogP) is 2.15. The number of nitrogens with zero attached hydrogens (tertiary/aromatic N) is 2. The molecule has 0 aliphatic carbocycles. The summed E-state index contributed by atoms with van der Waals surface area (Å²) in [6.45, 7) is 8.81. The van der Waals surface area contributed by atoms with Gasteiger partial charge in [-0.3, -0.25) is 4.90 Å². The molecular formula is C13H22N2O2S. The van der Waals surface area contributed by atoms with E-state index in [0.29, 0.717) is 18.6 Å². The largest absolute Gasteiger partial charge is 0.378 e. The lowest BCUT2D eigenvalue weighted by atomic mass is 10.1. The summed E-state index contributed by atoms with van der Waals surface area (Å²) >= 11 is 1.68. The second kappa shape index (κ2) is 6.61. The SMILES string of the molecule is COCc1nc(CN2CCO[C@H](C(C)C)C2)cs1. The van der Waals surface area contributed by atoms with Gasteiger partial charge < -0.3 is 9.47 Å². The average molecular weight is 270 g/mol. The molecule has 4 nitrogen and oxygen atoms in total. The van der Waals surface area contributed by atoms with Crippen LogP contribution >= 0.6 is 11.3 Å². The Labute approximate surface area is 113 Å². The van der Waals surface area contributed by atoms with E-state index in [2.05, 4.69) is 29.1 Å². The molecule has 0 saturated carbocycles. The molecule has 102 valence electrons. The van der Waals surface area contributed by atoms with Crippen LogP contribution in [0.2, 0.25) is 0 Å². The highest BCUT2D eigenvalue weighted by molar-refractivity contribution is 7.09. The molecule has 1 atom stereocenters. The quantitative estimate of drug-likeness (QED) is 0.821. The Hall–Kier alpha value is -0.490. The van der Waals surface area contributed by atoms with Gasteiger partial charge in [0, 0.05) is 32.1 Å². The molecule has 1 fully saturated rings. The predicted molar refractivity (Wildman–Crippen MR) is 72.7 cm³/mol. The third-order valence-corrected chi connectivity index (χ3v) is 4.05. The van der Waals surface area contributed by atoms with Gasteiger partial charge >= 0.3 is 0 Å². The molecule has 1 aromatic heterocycles. The van der Waals surface area contributed by atoms with Gasteiger partial charge in [-0.05, 0) is 5.92 Å². The lowest BCUT2D eigenvalue weighted by Gasteiger charge is -2.34. The molecule has 1 saturated heterocycles. The summed E-state index contributed by atoms with van der Waals surface area (Å²) in [7, 11) is 1.70. The molecule has 18 heavy (non-hydrogen) atoms. The number of aromatic nitrogens is 1. The highest BCUT2D eigenvalue weighted by Crippen LogP contribution is 2.17. The van der Waals surface area contributed by atoms with E-state index >= 15 is 0 Å². The number of morpholine rings is 1. The van der Waals surface area contributed by atoms with Crippen LogP contribution in [0.1, 0.15) is 24.5 Å². The minimum Gasteiger partial charge on any atom is -0.378 e. The lowest BCUT2D eigenvalue weighted by molar-refractivity contribution is -0.0532. The highest BCUT2D eigenvalue weighted by Gasteiger charge is 2.23. The van der Waals surface area contributed by atoms with Crippen molar-refractivity contribution in [1.29, 1.82) is 0 Å². The number of methoxy groups -OCH3 is 1. The summed E-state index contributed by atoms with van der Waals surface area (Å²) in [5.41, 5.74) is 1.15. The van der Waals surface area contributed by atoms with Crippen molar-refractivity contribution in [2.75, 3.05) is 26.8 Å². The minimum absolute atomic E-state index is 0.357. The molecule has 2 heterocycles. The number of hydrogen-bond donors (Lipinski definition) is 0. The molecule has 2 rings (SSSR count). The van der Waals surface area contributed by atoms with Crippen molar-refractivity contribution >= 4 is 11.3 Å². The second-order valence-corrected chi connectivity index (χ2v) is 6.00. The lowest BCUT2D eigenvalue weighted by Crippen LogP contribution is -2.44. The van der Waals surface area contributed by atoms with Crippen LogP contribution in [0.5, 0.6) is 0 Å². The van der Waals surface area contributed by atoms with Gasteiger partial charge in [-0.15, -0.1) is 11.3 Å². The Bertz CT molecular complexity index is 368. The Morgan fingerprint density at radius 2 is 2.44 bits per heavy atom. The third-order valence-electron chi connectivity index (χ3n) is 3.17. The standard InChI is InChI=1S/C13H22N2O2S/c1-10(2)12-7-15(4-5-17-12)6-11-9-18-13(14-11)8-16-3/h9-10,12H,4-8H2,1-3H3/t12-/m0/s1. The molecule has 0 amide bonds. The van der Waals surface area contributed by atoms with Crippen LogP contribution in [0.3, 0.4) is 0 Å². The molecule has 1 aliphatic heterocycles. The van der Waals surface area contributed by atoms with Crippen molar-refractivity contribution in [2.24, 2.45) is 5.92 Å². The van der Waals surface area contributed by atoms with Crippen LogP contribution in [0.4, 0.5) is 0 Å². The first-order valence-electron chi connectivity index (χ1n) is 6.45. The fourth-order valence-electron chi connectivity index (χ4n) is 2.12. The van der Waals surface area contributed by atoms with E-state index in [1.807, 2.05) is 0 Å². The first kappa shape index (κ1) is 13.9. The molecule has 0 radical (unpaired) electrons. The van der Waals surface area contributed by atoms with E-state index in [0.717, 1.165) is 36.9 Å². The zero-order valence-corrected chi connectivity index (χ0v) is 12.2. The average Bonchev–Trinajstić information content (AvgIpc) is 2.77. The second-order valence-electron chi connectivity index (χ2n) is 5.05. The molecule has 0 unspecified atom stereocenters. The first-order chi connectivity index (χ1) is 8.69. The Kier molecular flexibility index (Phi) is 5.12. The maximum atomic E-state index is 5.77. The zero-order valence-electron chi connectivity index (χ0n) is 11.4. The van der Waals surface area contributed by atoms with Crippen molar-refractivity contribution in [3.8, 4) is 0 Å². The number of rotatable bonds is 5. The van der Waals surface area contributed by atoms with Gasteiger partial charge in [0.15, 0.2) is 0 Å². The van der Waals surface area contributed by atoms with E-state index in [9.17, 15) is 0 Å². The van der Waals surface area contributed by atoms with E-state index in [4.69, 9.17) is 9.47 Å². The molecule has 0 bridgehead atoms. The summed E-state index contributed by atoms with van der Waals surface area (Å²) in [4.78, 5) is 7.01. The van der Waals surface area contributed by atoms with Gasteiger partial charge in [-0.2, -0.15) is 0 Å². The summed E-state index contributed by atoms with van der Waals surface area (Å²) in [5.74, 6) is 0.576. The number of ether oxygens (including phenoxy) is 2. The molecule has 0 N–H and O–H groups in total. The number of thiazole rings is 1. The van der Waals surface area contributed by atoms with E-state index in [1.54, 1.807) is 18.4 Å². The Morgan fingerprint density at radius 1 is 1.61 bits per heavy atom. The monoisotopic (exact) mass is 270 g/mol. The molecule has 1 aliphatic rings. The Morgan fingerprint density at radius 3 is 3.17 bits per heavy atom. The normalized spacial score (nSPS) is 21.7. The van der Waals surface area contributed by atoms with Gasteiger partial charge in [0.1, 0.15) is 5.01 Å². The molecule has 0 spiro atoms. The van der Waals surface area contributed by atoms with Crippen LogP contribution in [-0.2, 0) is 22.6 Å². The van der Waals surface area contributed by atoms with Crippen molar-refractivity contribution in [3.63, 3.8) is 0 Å². The molecule has 0 aromatic carbocycles. The van der Waals surface area contributed by atoms with Gasteiger partial charge in [0.05, 0.1) is 25.0 Å². The highest BCUT2D eigenvalue weighted by atomic mass is 32.1. The van der Waals surface area contributed by atoms with Crippen LogP contribution in [-0.4, -0.2) is 42.8 Å². The minimum atomic E-state index is 0.357. The third kappa shape index (κ3) is 3.75. The van der Waals surface area contributed by atoms with E-state index < -0.39 is 0 Å². The fourth-order valence-corrected chi connectivity index (χ4v) is 2.87. The van der Waals surface area contributed by atoms with E-state index in [-0.39, 0.29) is 0 Å². The van der Waals surface area contributed by atoms with Crippen LogP contribution < -0.4 is 0 Å². The zero-order chi connectivity index (χ0) is 13.0. The summed E-state index contributed by atoms with van der Waals surface area (Å²) < 4.78 is 10.9. The maximum absolute atomic E-state index is 5.77. The molecule has 5 heteroatoms. The van der Waals surface area contributed by atoms with Crippen molar-refractivity contribution in [1.82, 2.24) is 9.88 Å². The fraction of sp³-hybridized carbons (Fsp3) is 0.769. The Balaban J connectivity index is 1.87. The van der Waals surface area contributed by atoms with Gasteiger partial charge in [0.25, 0.3) is 0 Å². The van der Waals surface area contributed by atoms with Gasteiger partial charge in [0.2, 0.25) is 0 Å².